The number of aryl methyl sites for hydroxylation is 1. The number of aromatic nitrogens is 1. The molecule has 1 heterocycles. The fourth-order valence-electron chi connectivity index (χ4n) is 1.70. The molecule has 0 aliphatic rings. The van der Waals surface area contributed by atoms with Crippen LogP contribution in [-0.2, 0) is 6.42 Å². The predicted octanol–water partition coefficient (Wildman–Crippen LogP) is 2.91. The van der Waals surface area contributed by atoms with E-state index < -0.39 is 0 Å². The molecule has 1 aromatic heterocycles. The van der Waals surface area contributed by atoms with Crippen LogP contribution in [0.1, 0.15) is 39.8 Å². The maximum absolute atomic E-state index is 5.82. The lowest BCUT2D eigenvalue weighted by Gasteiger charge is -2.31. The molecule has 0 spiro atoms. The van der Waals surface area contributed by atoms with Crippen LogP contribution < -0.4 is 10.6 Å². The van der Waals surface area contributed by atoms with Crippen LogP contribution in [0, 0.1) is 5.41 Å². The number of nitrogens with two attached hydrogens (primary N) is 1. The topological polar surface area (TPSA) is 42.1 Å². The maximum Gasteiger partial charge on any atom is 0.185 e. The van der Waals surface area contributed by atoms with E-state index in [0.717, 1.165) is 31.1 Å². The van der Waals surface area contributed by atoms with Gasteiger partial charge in [0, 0.05) is 18.5 Å². The Morgan fingerprint density at radius 3 is 2.59 bits per heavy atom. The third-order valence-corrected chi connectivity index (χ3v) is 3.79. The van der Waals surface area contributed by atoms with Crippen LogP contribution in [0.25, 0.3) is 0 Å². The first-order valence-electron chi connectivity index (χ1n) is 6.41. The lowest BCUT2D eigenvalue weighted by molar-refractivity contribution is 0.377. The third kappa shape index (κ3) is 4.28. The van der Waals surface area contributed by atoms with Crippen molar-refractivity contribution in [2.75, 3.05) is 24.5 Å². The highest BCUT2D eigenvalue weighted by atomic mass is 32.1. The summed E-state index contributed by atoms with van der Waals surface area (Å²) in [5.74, 6) is 0. The van der Waals surface area contributed by atoms with Crippen molar-refractivity contribution in [1.82, 2.24) is 4.98 Å². The smallest absolute Gasteiger partial charge is 0.185 e. The van der Waals surface area contributed by atoms with Crippen LogP contribution in [0.3, 0.4) is 0 Å². The van der Waals surface area contributed by atoms with Gasteiger partial charge in [-0.15, -0.1) is 11.3 Å². The molecule has 0 radical (unpaired) electrons. The van der Waals surface area contributed by atoms with Crippen molar-refractivity contribution in [2.24, 2.45) is 11.1 Å². The fraction of sp³-hybridized carbons (Fsp3) is 0.769. The number of anilines is 1. The van der Waals surface area contributed by atoms with E-state index in [1.807, 2.05) is 0 Å². The van der Waals surface area contributed by atoms with Crippen LogP contribution in [-0.4, -0.2) is 24.6 Å². The van der Waals surface area contributed by atoms with Gasteiger partial charge in [0.1, 0.15) is 0 Å². The molecule has 0 aromatic carbocycles. The van der Waals surface area contributed by atoms with Gasteiger partial charge >= 0.3 is 0 Å². The second kappa shape index (κ2) is 6.36. The van der Waals surface area contributed by atoms with E-state index in [1.54, 1.807) is 11.3 Å². The van der Waals surface area contributed by atoms with Crippen molar-refractivity contribution < 1.29 is 0 Å². The first kappa shape index (κ1) is 14.5. The van der Waals surface area contributed by atoms with Crippen molar-refractivity contribution in [3.8, 4) is 0 Å². The van der Waals surface area contributed by atoms with Gasteiger partial charge in [-0.1, -0.05) is 27.7 Å². The Morgan fingerprint density at radius 2 is 2.12 bits per heavy atom. The zero-order valence-electron chi connectivity index (χ0n) is 11.5. The summed E-state index contributed by atoms with van der Waals surface area (Å²) in [5.41, 5.74) is 7.15. The highest BCUT2D eigenvalue weighted by molar-refractivity contribution is 7.13. The van der Waals surface area contributed by atoms with Gasteiger partial charge in [-0.2, -0.15) is 0 Å². The molecule has 1 aromatic rings. The number of hydrogen-bond donors (Lipinski definition) is 1. The number of nitrogens with zero attached hydrogens (tertiary/aromatic N) is 2. The molecule has 0 unspecified atom stereocenters. The summed E-state index contributed by atoms with van der Waals surface area (Å²) in [5, 5.41) is 3.30. The number of rotatable bonds is 7. The molecule has 0 fully saturated rings. The van der Waals surface area contributed by atoms with Crippen molar-refractivity contribution in [1.29, 1.82) is 0 Å². The van der Waals surface area contributed by atoms with Gasteiger partial charge in [0.15, 0.2) is 5.13 Å². The van der Waals surface area contributed by atoms with Crippen molar-refractivity contribution in [3.05, 3.63) is 11.1 Å². The average Bonchev–Trinajstić information content (AvgIpc) is 2.77. The molecule has 98 valence electrons. The summed E-state index contributed by atoms with van der Waals surface area (Å²) >= 11 is 1.75. The van der Waals surface area contributed by atoms with Gasteiger partial charge in [-0.25, -0.2) is 4.98 Å². The zero-order valence-corrected chi connectivity index (χ0v) is 12.3. The second-order valence-corrected chi connectivity index (χ2v) is 6.10. The molecule has 0 aliphatic carbocycles. The molecule has 0 saturated carbocycles. The van der Waals surface area contributed by atoms with Gasteiger partial charge < -0.3 is 10.6 Å². The average molecular weight is 255 g/mol. The Labute approximate surface area is 109 Å². The summed E-state index contributed by atoms with van der Waals surface area (Å²) in [6.07, 6.45) is 2.15. The van der Waals surface area contributed by atoms with Crippen LogP contribution in [0.15, 0.2) is 5.38 Å². The summed E-state index contributed by atoms with van der Waals surface area (Å²) in [6, 6.07) is 0. The van der Waals surface area contributed by atoms with Crippen LogP contribution >= 0.6 is 11.3 Å². The van der Waals surface area contributed by atoms with Gasteiger partial charge in [0.05, 0.1) is 5.69 Å². The zero-order chi connectivity index (χ0) is 12.9. The lowest BCUT2D eigenvalue weighted by atomic mass is 9.93. The highest BCUT2D eigenvalue weighted by Crippen LogP contribution is 2.25. The first-order valence-corrected chi connectivity index (χ1v) is 7.29. The standard InChI is InChI=1S/C13H25N3S/c1-5-7-16(10-13(3,4)9-14)12-15-11(6-2)8-17-12/h8H,5-7,9-10,14H2,1-4H3. The Bertz CT molecular complexity index is 333. The minimum Gasteiger partial charge on any atom is -0.348 e. The fourth-order valence-corrected chi connectivity index (χ4v) is 2.63. The van der Waals surface area contributed by atoms with E-state index in [4.69, 9.17) is 5.73 Å². The quantitative estimate of drug-likeness (QED) is 0.814. The van der Waals surface area contributed by atoms with Gasteiger partial charge in [0.2, 0.25) is 0 Å². The Balaban J connectivity index is 2.77. The molecule has 0 saturated heterocycles. The van der Waals surface area contributed by atoms with Gasteiger partial charge in [-0.05, 0) is 24.8 Å². The van der Waals surface area contributed by atoms with Crippen molar-refractivity contribution in [3.63, 3.8) is 0 Å². The van der Waals surface area contributed by atoms with Gasteiger partial charge in [0.25, 0.3) is 0 Å². The van der Waals surface area contributed by atoms with Crippen molar-refractivity contribution >= 4 is 16.5 Å². The molecule has 2 N–H and O–H groups in total. The highest BCUT2D eigenvalue weighted by Gasteiger charge is 2.21. The number of thiazole rings is 1. The van der Waals surface area contributed by atoms with E-state index in [9.17, 15) is 0 Å². The van der Waals surface area contributed by atoms with E-state index in [0.29, 0.717) is 6.54 Å². The summed E-state index contributed by atoms with van der Waals surface area (Å²) in [6.45, 7) is 11.5. The van der Waals surface area contributed by atoms with Crippen LogP contribution in [0.2, 0.25) is 0 Å². The van der Waals surface area contributed by atoms with Gasteiger partial charge in [-0.3, -0.25) is 0 Å². The normalized spacial score (nSPS) is 11.8. The largest absolute Gasteiger partial charge is 0.348 e. The summed E-state index contributed by atoms with van der Waals surface area (Å²) < 4.78 is 0. The van der Waals surface area contributed by atoms with Crippen LogP contribution in [0.5, 0.6) is 0 Å². The monoisotopic (exact) mass is 255 g/mol. The molecule has 0 bridgehead atoms. The summed E-state index contributed by atoms with van der Waals surface area (Å²) in [4.78, 5) is 7.04. The lowest BCUT2D eigenvalue weighted by Crippen LogP contribution is -2.39. The summed E-state index contributed by atoms with van der Waals surface area (Å²) in [7, 11) is 0. The first-order chi connectivity index (χ1) is 8.02. The second-order valence-electron chi connectivity index (χ2n) is 5.26. The minimum absolute atomic E-state index is 0.146. The maximum atomic E-state index is 5.82. The molecule has 4 heteroatoms. The molecule has 0 aliphatic heterocycles. The predicted molar refractivity (Wildman–Crippen MR) is 76.8 cm³/mol. The Morgan fingerprint density at radius 1 is 1.41 bits per heavy atom. The van der Waals surface area contributed by atoms with Crippen molar-refractivity contribution in [2.45, 2.75) is 40.5 Å². The Kier molecular flexibility index (Phi) is 5.40. The Hall–Kier alpha value is -0.610. The SMILES string of the molecule is CCCN(CC(C)(C)CN)c1nc(CC)cs1. The molecule has 17 heavy (non-hydrogen) atoms. The molecule has 1 rings (SSSR count). The van der Waals surface area contributed by atoms with E-state index in [-0.39, 0.29) is 5.41 Å². The van der Waals surface area contributed by atoms with Crippen LogP contribution in [0.4, 0.5) is 5.13 Å². The van der Waals surface area contributed by atoms with E-state index in [1.165, 1.54) is 5.69 Å². The van der Waals surface area contributed by atoms with E-state index >= 15 is 0 Å². The third-order valence-electron chi connectivity index (χ3n) is 2.84. The molecular weight excluding hydrogens is 230 g/mol. The molecular formula is C13H25N3S. The minimum atomic E-state index is 0.146. The molecule has 0 atom stereocenters. The number of hydrogen-bond acceptors (Lipinski definition) is 4. The van der Waals surface area contributed by atoms with E-state index in [2.05, 4.69) is 43.0 Å². The molecule has 0 amide bonds. The molecule has 3 nitrogen and oxygen atoms in total.